The van der Waals surface area contributed by atoms with Crippen LogP contribution < -0.4 is 5.73 Å². The lowest BCUT2D eigenvalue weighted by Gasteiger charge is -2.27. The van der Waals surface area contributed by atoms with Crippen LogP contribution >= 0.6 is 15.9 Å². The number of nitrogen functional groups attached to an aromatic ring is 1. The van der Waals surface area contributed by atoms with Gasteiger partial charge in [-0.25, -0.2) is 0 Å². The van der Waals surface area contributed by atoms with Crippen molar-refractivity contribution in [1.82, 2.24) is 4.90 Å². The molecule has 1 fully saturated rings. The molecular weight excluding hydrogens is 276 g/mol. The fourth-order valence-corrected chi connectivity index (χ4v) is 3.00. The van der Waals surface area contributed by atoms with Gasteiger partial charge in [0.1, 0.15) is 0 Å². The molecule has 2 unspecified atom stereocenters. The Labute approximate surface area is 112 Å². The molecule has 2 nitrogen and oxygen atoms in total. The first-order valence-electron chi connectivity index (χ1n) is 6.41. The number of nitrogens with two attached hydrogens (primary N) is 1. The summed E-state index contributed by atoms with van der Waals surface area (Å²) in [6.45, 7) is 5.64. The highest BCUT2D eigenvalue weighted by molar-refractivity contribution is 9.10. The van der Waals surface area contributed by atoms with Crippen molar-refractivity contribution < 1.29 is 0 Å². The SMILES string of the molecule is CCC1CCC(C)N1Cc1ccc(Br)c(N)c1. The van der Waals surface area contributed by atoms with Crippen molar-refractivity contribution >= 4 is 21.6 Å². The summed E-state index contributed by atoms with van der Waals surface area (Å²) in [5.41, 5.74) is 8.08. The van der Waals surface area contributed by atoms with Crippen molar-refractivity contribution in [3.05, 3.63) is 28.2 Å². The summed E-state index contributed by atoms with van der Waals surface area (Å²) < 4.78 is 0.989. The van der Waals surface area contributed by atoms with Crippen molar-refractivity contribution in [2.24, 2.45) is 0 Å². The zero-order valence-corrected chi connectivity index (χ0v) is 12.2. The molecule has 0 bridgehead atoms. The van der Waals surface area contributed by atoms with Gasteiger partial charge in [-0.05, 0) is 59.8 Å². The van der Waals surface area contributed by atoms with Crippen molar-refractivity contribution in [2.45, 2.75) is 51.7 Å². The number of rotatable bonds is 3. The van der Waals surface area contributed by atoms with Crippen molar-refractivity contribution in [2.75, 3.05) is 5.73 Å². The molecule has 2 rings (SSSR count). The van der Waals surface area contributed by atoms with E-state index in [1.54, 1.807) is 0 Å². The van der Waals surface area contributed by atoms with E-state index in [1.165, 1.54) is 24.8 Å². The summed E-state index contributed by atoms with van der Waals surface area (Å²) in [6, 6.07) is 7.74. The molecule has 0 amide bonds. The normalized spacial score (nSPS) is 25.4. The van der Waals surface area contributed by atoms with Gasteiger partial charge in [0.2, 0.25) is 0 Å². The van der Waals surface area contributed by atoms with Gasteiger partial charge < -0.3 is 5.73 Å². The van der Waals surface area contributed by atoms with Crippen LogP contribution in [-0.4, -0.2) is 17.0 Å². The lowest BCUT2D eigenvalue weighted by molar-refractivity contribution is 0.189. The van der Waals surface area contributed by atoms with Crippen molar-refractivity contribution in [3.63, 3.8) is 0 Å². The maximum atomic E-state index is 5.93. The summed E-state index contributed by atoms with van der Waals surface area (Å²) in [4.78, 5) is 2.61. The maximum Gasteiger partial charge on any atom is 0.0461 e. The molecule has 1 saturated heterocycles. The summed E-state index contributed by atoms with van der Waals surface area (Å²) >= 11 is 3.44. The molecule has 1 aromatic carbocycles. The van der Waals surface area contributed by atoms with Gasteiger partial charge in [0.25, 0.3) is 0 Å². The third-order valence-corrected chi connectivity index (χ3v) is 4.57. The molecule has 0 spiro atoms. The fraction of sp³-hybridized carbons (Fsp3) is 0.571. The van der Waals surface area contributed by atoms with Gasteiger partial charge >= 0.3 is 0 Å². The van der Waals surface area contributed by atoms with Gasteiger partial charge in [-0.3, -0.25) is 4.90 Å². The Morgan fingerprint density at radius 3 is 2.82 bits per heavy atom. The molecule has 17 heavy (non-hydrogen) atoms. The molecule has 2 atom stereocenters. The van der Waals surface area contributed by atoms with E-state index in [2.05, 4.69) is 46.8 Å². The number of halogens is 1. The van der Waals surface area contributed by atoms with Gasteiger partial charge in [0, 0.05) is 28.8 Å². The van der Waals surface area contributed by atoms with Gasteiger partial charge in [-0.15, -0.1) is 0 Å². The molecule has 94 valence electrons. The number of nitrogens with zero attached hydrogens (tertiary/aromatic N) is 1. The minimum atomic E-state index is 0.699. The van der Waals surface area contributed by atoms with Crippen molar-refractivity contribution in [1.29, 1.82) is 0 Å². The van der Waals surface area contributed by atoms with Gasteiger partial charge in [0.05, 0.1) is 0 Å². The minimum Gasteiger partial charge on any atom is -0.398 e. The van der Waals surface area contributed by atoms with Crippen LogP contribution in [0.25, 0.3) is 0 Å². The average molecular weight is 297 g/mol. The van der Waals surface area contributed by atoms with Crippen molar-refractivity contribution in [3.8, 4) is 0 Å². The van der Waals surface area contributed by atoms with E-state index in [0.29, 0.717) is 6.04 Å². The van der Waals surface area contributed by atoms with E-state index in [0.717, 1.165) is 22.7 Å². The van der Waals surface area contributed by atoms with Crippen LogP contribution in [0.4, 0.5) is 5.69 Å². The van der Waals surface area contributed by atoms with E-state index in [1.807, 2.05) is 6.07 Å². The van der Waals surface area contributed by atoms with Crippen LogP contribution in [0.2, 0.25) is 0 Å². The van der Waals surface area contributed by atoms with Gasteiger partial charge in [0.15, 0.2) is 0 Å². The van der Waals surface area contributed by atoms with E-state index in [9.17, 15) is 0 Å². The molecule has 0 aliphatic carbocycles. The molecule has 1 heterocycles. The Balaban J connectivity index is 2.11. The van der Waals surface area contributed by atoms with Crippen LogP contribution in [-0.2, 0) is 6.54 Å². The van der Waals surface area contributed by atoms with Crippen LogP contribution in [0.5, 0.6) is 0 Å². The minimum absolute atomic E-state index is 0.699. The molecule has 2 N–H and O–H groups in total. The Bertz CT molecular complexity index is 392. The van der Waals surface area contributed by atoms with Gasteiger partial charge in [-0.2, -0.15) is 0 Å². The molecule has 0 aromatic heterocycles. The summed E-state index contributed by atoms with van der Waals surface area (Å²) in [5, 5.41) is 0. The second-order valence-electron chi connectivity index (χ2n) is 5.02. The first-order valence-corrected chi connectivity index (χ1v) is 7.20. The number of anilines is 1. The second kappa shape index (κ2) is 5.40. The first-order chi connectivity index (χ1) is 8.11. The molecule has 0 saturated carbocycles. The molecule has 1 aliphatic rings. The van der Waals surface area contributed by atoms with Crippen LogP contribution in [0, 0.1) is 0 Å². The quantitative estimate of drug-likeness (QED) is 0.860. The highest BCUT2D eigenvalue weighted by Gasteiger charge is 2.28. The Morgan fingerprint density at radius 1 is 1.41 bits per heavy atom. The monoisotopic (exact) mass is 296 g/mol. The fourth-order valence-electron chi connectivity index (χ4n) is 2.75. The standard InChI is InChI=1S/C14H21BrN2/c1-3-12-6-4-10(2)17(12)9-11-5-7-13(15)14(16)8-11/h5,7-8,10,12H,3-4,6,9,16H2,1-2H3. The summed E-state index contributed by atoms with van der Waals surface area (Å²) in [7, 11) is 0. The van der Waals surface area contributed by atoms with Crippen LogP contribution in [0.3, 0.4) is 0 Å². The highest BCUT2D eigenvalue weighted by atomic mass is 79.9. The molecular formula is C14H21BrN2. The van der Waals surface area contributed by atoms with Gasteiger partial charge in [-0.1, -0.05) is 13.0 Å². The van der Waals surface area contributed by atoms with Crippen LogP contribution in [0.15, 0.2) is 22.7 Å². The second-order valence-corrected chi connectivity index (χ2v) is 5.87. The largest absolute Gasteiger partial charge is 0.398 e. The predicted octanol–water partition coefficient (Wildman–Crippen LogP) is 3.79. The summed E-state index contributed by atoms with van der Waals surface area (Å²) in [6.07, 6.45) is 3.91. The van der Waals surface area contributed by atoms with Crippen LogP contribution in [0.1, 0.15) is 38.7 Å². The predicted molar refractivity (Wildman–Crippen MR) is 76.9 cm³/mol. The molecule has 1 aromatic rings. The number of benzene rings is 1. The lowest BCUT2D eigenvalue weighted by Crippen LogP contribution is -2.33. The van der Waals surface area contributed by atoms with E-state index >= 15 is 0 Å². The number of hydrogen-bond donors (Lipinski definition) is 1. The average Bonchev–Trinajstić information content (AvgIpc) is 2.65. The van der Waals surface area contributed by atoms with E-state index in [-0.39, 0.29) is 0 Å². The number of likely N-dealkylation sites (tertiary alicyclic amines) is 1. The summed E-state index contributed by atoms with van der Waals surface area (Å²) in [5.74, 6) is 0. The Hall–Kier alpha value is -0.540. The van der Waals surface area contributed by atoms with E-state index < -0.39 is 0 Å². The number of hydrogen-bond acceptors (Lipinski definition) is 2. The highest BCUT2D eigenvalue weighted by Crippen LogP contribution is 2.29. The molecule has 1 aliphatic heterocycles. The molecule has 0 radical (unpaired) electrons. The maximum absolute atomic E-state index is 5.93. The first kappa shape index (κ1) is 12.9. The molecule has 3 heteroatoms. The lowest BCUT2D eigenvalue weighted by atomic mass is 10.1. The Kier molecular flexibility index (Phi) is 4.10. The Morgan fingerprint density at radius 2 is 2.18 bits per heavy atom. The zero-order valence-electron chi connectivity index (χ0n) is 10.6. The zero-order chi connectivity index (χ0) is 12.4. The topological polar surface area (TPSA) is 29.3 Å². The third-order valence-electron chi connectivity index (χ3n) is 3.85. The third kappa shape index (κ3) is 2.83. The smallest absolute Gasteiger partial charge is 0.0461 e. The van der Waals surface area contributed by atoms with E-state index in [4.69, 9.17) is 5.73 Å².